The Balaban J connectivity index is 1.63. The van der Waals surface area contributed by atoms with E-state index in [2.05, 4.69) is 5.10 Å². The van der Waals surface area contributed by atoms with Crippen molar-refractivity contribution in [2.75, 3.05) is 6.61 Å². The van der Waals surface area contributed by atoms with Gasteiger partial charge < -0.3 is 4.74 Å². The van der Waals surface area contributed by atoms with Crippen LogP contribution < -0.4 is 4.74 Å². The van der Waals surface area contributed by atoms with E-state index in [1.54, 1.807) is 4.68 Å². The molecule has 104 valence electrons. The number of ether oxygens (including phenoxy) is 1. The summed E-state index contributed by atoms with van der Waals surface area (Å²) in [6.07, 6.45) is 7.27. The fraction of sp³-hybridized carbons (Fsp3) is 0.375. The molecule has 20 heavy (non-hydrogen) atoms. The molecule has 0 amide bonds. The molecule has 0 radical (unpaired) electrons. The van der Waals surface area contributed by atoms with Gasteiger partial charge in [0.15, 0.2) is 5.78 Å². The first-order chi connectivity index (χ1) is 9.72. The number of benzene rings is 1. The maximum Gasteiger partial charge on any atom is 0.163 e. The highest BCUT2D eigenvalue weighted by molar-refractivity contribution is 5.98. The Morgan fingerprint density at radius 2 is 2.25 bits per heavy atom. The molecule has 0 bridgehead atoms. The molecule has 1 heterocycles. The van der Waals surface area contributed by atoms with Gasteiger partial charge in [-0.05, 0) is 36.1 Å². The quantitative estimate of drug-likeness (QED) is 0.857. The highest BCUT2D eigenvalue weighted by atomic mass is 16.5. The van der Waals surface area contributed by atoms with Crippen LogP contribution in [0, 0.1) is 0 Å². The minimum absolute atomic E-state index is 0.240. The Hall–Kier alpha value is -2.10. The van der Waals surface area contributed by atoms with Gasteiger partial charge in [0.2, 0.25) is 0 Å². The maximum absolute atomic E-state index is 11.9. The van der Waals surface area contributed by atoms with Gasteiger partial charge in [0.05, 0.1) is 12.8 Å². The second kappa shape index (κ2) is 5.49. The summed E-state index contributed by atoms with van der Waals surface area (Å²) in [6, 6.07) is 5.87. The Kier molecular flexibility index (Phi) is 3.54. The summed E-state index contributed by atoms with van der Waals surface area (Å²) in [7, 11) is 1.90. The van der Waals surface area contributed by atoms with Crippen molar-refractivity contribution >= 4 is 5.78 Å². The highest BCUT2D eigenvalue weighted by Gasteiger charge is 2.17. The second-order valence-electron chi connectivity index (χ2n) is 5.22. The number of aromatic nitrogens is 2. The Labute approximate surface area is 118 Å². The molecule has 0 unspecified atom stereocenters. The number of carbonyl (C=O) groups excluding carboxylic acids is 1. The molecule has 0 spiro atoms. The number of fused-ring (bicyclic) bond motifs is 1. The van der Waals surface area contributed by atoms with Crippen LogP contribution in [0.5, 0.6) is 5.75 Å². The van der Waals surface area contributed by atoms with Crippen molar-refractivity contribution in [1.82, 2.24) is 9.78 Å². The van der Waals surface area contributed by atoms with Crippen molar-refractivity contribution in [2.45, 2.75) is 25.7 Å². The average Bonchev–Trinajstić information content (AvgIpc) is 2.85. The van der Waals surface area contributed by atoms with E-state index in [4.69, 9.17) is 4.74 Å². The van der Waals surface area contributed by atoms with Gasteiger partial charge in [-0.25, -0.2) is 0 Å². The van der Waals surface area contributed by atoms with Crippen molar-refractivity contribution in [2.24, 2.45) is 7.05 Å². The number of ketones is 1. The van der Waals surface area contributed by atoms with Crippen molar-refractivity contribution in [1.29, 1.82) is 0 Å². The summed E-state index contributed by atoms with van der Waals surface area (Å²) in [5.74, 6) is 1.02. The molecular weight excluding hydrogens is 252 g/mol. The molecule has 3 rings (SSSR count). The summed E-state index contributed by atoms with van der Waals surface area (Å²) < 4.78 is 7.53. The number of rotatable bonds is 4. The van der Waals surface area contributed by atoms with Crippen molar-refractivity contribution < 1.29 is 9.53 Å². The molecule has 4 nitrogen and oxygen atoms in total. The van der Waals surface area contributed by atoms with Crippen molar-refractivity contribution in [3.05, 3.63) is 47.3 Å². The van der Waals surface area contributed by atoms with Crippen LogP contribution in [0.2, 0.25) is 0 Å². The molecule has 0 fully saturated rings. The third kappa shape index (κ3) is 2.74. The molecule has 1 aromatic heterocycles. The normalized spacial score (nSPS) is 14.2. The average molecular weight is 270 g/mol. The summed E-state index contributed by atoms with van der Waals surface area (Å²) >= 11 is 0. The van der Waals surface area contributed by atoms with E-state index in [1.807, 2.05) is 37.6 Å². The summed E-state index contributed by atoms with van der Waals surface area (Å²) in [4.78, 5) is 11.9. The van der Waals surface area contributed by atoms with Crippen LogP contribution in [-0.2, 0) is 19.9 Å². The minimum Gasteiger partial charge on any atom is -0.493 e. The summed E-state index contributed by atoms with van der Waals surface area (Å²) in [5.41, 5.74) is 3.15. The fourth-order valence-corrected chi connectivity index (χ4v) is 2.58. The first kappa shape index (κ1) is 12.9. The van der Waals surface area contributed by atoms with Crippen molar-refractivity contribution in [3.8, 4) is 5.75 Å². The number of aryl methyl sites for hydroxylation is 2. The molecule has 0 saturated carbocycles. The maximum atomic E-state index is 11.9. The topological polar surface area (TPSA) is 44.1 Å². The molecule has 4 heteroatoms. The monoisotopic (exact) mass is 270 g/mol. The lowest BCUT2D eigenvalue weighted by atomic mass is 9.90. The molecule has 0 atom stereocenters. The number of Topliss-reactive ketones (excluding diaryl/α,β-unsaturated/α-hetero) is 1. The molecule has 0 saturated heterocycles. The summed E-state index contributed by atoms with van der Waals surface area (Å²) in [6.45, 7) is 0.596. The van der Waals surface area contributed by atoms with Crippen molar-refractivity contribution in [3.63, 3.8) is 0 Å². The zero-order chi connectivity index (χ0) is 13.9. The van der Waals surface area contributed by atoms with Crippen LogP contribution in [0.15, 0.2) is 30.6 Å². The zero-order valence-electron chi connectivity index (χ0n) is 11.6. The highest BCUT2D eigenvalue weighted by Crippen LogP contribution is 2.25. The Morgan fingerprint density at radius 3 is 3.05 bits per heavy atom. The number of hydrogen-bond donors (Lipinski definition) is 0. The van der Waals surface area contributed by atoms with E-state index >= 15 is 0 Å². The second-order valence-corrected chi connectivity index (χ2v) is 5.22. The van der Waals surface area contributed by atoms with Gasteiger partial charge in [0, 0.05) is 31.6 Å². The smallest absolute Gasteiger partial charge is 0.163 e. The largest absolute Gasteiger partial charge is 0.493 e. The lowest BCUT2D eigenvalue weighted by molar-refractivity contribution is 0.0972. The van der Waals surface area contributed by atoms with Gasteiger partial charge in [-0.2, -0.15) is 5.10 Å². The fourth-order valence-electron chi connectivity index (χ4n) is 2.58. The standard InChI is InChI=1S/C16H18N2O2/c1-18-11-12(10-17-18)7-8-20-14-6-5-13-3-2-4-16(19)15(13)9-14/h5-6,9-11H,2-4,7-8H2,1H3. The van der Waals surface area contributed by atoms with Gasteiger partial charge in [0.1, 0.15) is 5.75 Å². The van der Waals surface area contributed by atoms with Gasteiger partial charge in [-0.1, -0.05) is 6.07 Å². The van der Waals surface area contributed by atoms with Gasteiger partial charge in [0.25, 0.3) is 0 Å². The van der Waals surface area contributed by atoms with Crippen LogP contribution >= 0.6 is 0 Å². The third-order valence-electron chi connectivity index (χ3n) is 3.65. The first-order valence-electron chi connectivity index (χ1n) is 6.99. The summed E-state index contributed by atoms with van der Waals surface area (Å²) in [5, 5.41) is 4.13. The molecular formula is C16H18N2O2. The van der Waals surface area contributed by atoms with Crippen LogP contribution in [-0.4, -0.2) is 22.2 Å². The molecule has 0 N–H and O–H groups in total. The number of hydrogen-bond acceptors (Lipinski definition) is 3. The first-order valence-corrected chi connectivity index (χ1v) is 6.99. The van der Waals surface area contributed by atoms with E-state index in [0.29, 0.717) is 13.0 Å². The lowest BCUT2D eigenvalue weighted by Crippen LogP contribution is -2.11. The minimum atomic E-state index is 0.240. The van der Waals surface area contributed by atoms with E-state index in [1.165, 1.54) is 0 Å². The molecule has 2 aromatic rings. The van der Waals surface area contributed by atoms with E-state index < -0.39 is 0 Å². The Bertz CT molecular complexity index is 631. The lowest BCUT2D eigenvalue weighted by Gasteiger charge is -2.15. The molecule has 1 aliphatic carbocycles. The van der Waals surface area contributed by atoms with E-state index in [0.717, 1.165) is 41.7 Å². The van der Waals surface area contributed by atoms with Crippen LogP contribution in [0.3, 0.4) is 0 Å². The molecule has 0 aliphatic heterocycles. The third-order valence-corrected chi connectivity index (χ3v) is 3.65. The van der Waals surface area contributed by atoms with E-state index in [9.17, 15) is 4.79 Å². The number of carbonyl (C=O) groups is 1. The van der Waals surface area contributed by atoms with Crippen LogP contribution in [0.25, 0.3) is 0 Å². The predicted octanol–water partition coefficient (Wildman–Crippen LogP) is 2.56. The number of nitrogens with zero attached hydrogens (tertiary/aromatic N) is 2. The van der Waals surface area contributed by atoms with Crippen LogP contribution in [0.1, 0.15) is 34.3 Å². The zero-order valence-corrected chi connectivity index (χ0v) is 11.6. The van der Waals surface area contributed by atoms with E-state index in [-0.39, 0.29) is 5.78 Å². The molecule has 1 aliphatic rings. The SMILES string of the molecule is Cn1cc(CCOc2ccc3c(c2)C(=O)CCC3)cn1. The van der Waals surface area contributed by atoms with Gasteiger partial charge in [-0.3, -0.25) is 9.48 Å². The van der Waals surface area contributed by atoms with Gasteiger partial charge >= 0.3 is 0 Å². The molecule has 1 aromatic carbocycles. The van der Waals surface area contributed by atoms with Gasteiger partial charge in [-0.15, -0.1) is 0 Å². The Morgan fingerprint density at radius 1 is 1.35 bits per heavy atom. The predicted molar refractivity (Wildman–Crippen MR) is 76.1 cm³/mol. The van der Waals surface area contributed by atoms with Crippen LogP contribution in [0.4, 0.5) is 0 Å².